The van der Waals surface area contributed by atoms with Gasteiger partial charge < -0.3 is 5.32 Å². The molecular formula is C10H12ClN5. The third-order valence-electron chi connectivity index (χ3n) is 1.96. The zero-order valence-electron chi connectivity index (χ0n) is 8.89. The summed E-state index contributed by atoms with van der Waals surface area (Å²) in [6.45, 7) is 2.94. The molecule has 0 saturated carbocycles. The molecule has 5 nitrogen and oxygen atoms in total. The highest BCUT2D eigenvalue weighted by atomic mass is 35.5. The molecule has 6 heteroatoms. The fourth-order valence-corrected chi connectivity index (χ4v) is 1.36. The normalized spacial score (nSPS) is 10.4. The smallest absolute Gasteiger partial charge is 0.224 e. The van der Waals surface area contributed by atoms with Crippen molar-refractivity contribution in [2.45, 2.75) is 13.3 Å². The minimum Gasteiger partial charge on any atom is -0.354 e. The van der Waals surface area contributed by atoms with Gasteiger partial charge in [0.1, 0.15) is 0 Å². The molecule has 2 heterocycles. The second kappa shape index (κ2) is 4.94. The van der Waals surface area contributed by atoms with Crippen LogP contribution >= 0.6 is 11.6 Å². The molecule has 0 atom stereocenters. The Hall–Kier alpha value is -1.62. The van der Waals surface area contributed by atoms with Gasteiger partial charge in [0.15, 0.2) is 5.82 Å². The molecule has 0 unspecified atom stereocenters. The van der Waals surface area contributed by atoms with Gasteiger partial charge in [-0.3, -0.25) is 0 Å². The molecule has 2 aromatic rings. The lowest BCUT2D eigenvalue weighted by molar-refractivity contribution is 0.836. The Balaban J connectivity index is 2.22. The summed E-state index contributed by atoms with van der Waals surface area (Å²) < 4.78 is 1.61. The van der Waals surface area contributed by atoms with Crippen molar-refractivity contribution in [2.24, 2.45) is 0 Å². The van der Waals surface area contributed by atoms with E-state index in [9.17, 15) is 0 Å². The maximum Gasteiger partial charge on any atom is 0.224 e. The lowest BCUT2D eigenvalue weighted by Gasteiger charge is -2.04. The fourth-order valence-electron chi connectivity index (χ4n) is 1.22. The molecule has 1 N–H and O–H groups in total. The zero-order chi connectivity index (χ0) is 11.4. The largest absolute Gasteiger partial charge is 0.354 e. The number of rotatable bonds is 4. The van der Waals surface area contributed by atoms with Crippen LogP contribution < -0.4 is 5.32 Å². The molecule has 0 spiro atoms. The van der Waals surface area contributed by atoms with Crippen LogP contribution in [0, 0.1) is 0 Å². The summed E-state index contributed by atoms with van der Waals surface area (Å²) in [4.78, 5) is 8.43. The SMILES string of the molecule is CCCNc1nccc(-n2cc(Cl)cn2)n1. The number of hydrogen-bond acceptors (Lipinski definition) is 4. The Morgan fingerprint density at radius 3 is 3.06 bits per heavy atom. The Labute approximate surface area is 98.5 Å². The van der Waals surface area contributed by atoms with Crippen LogP contribution in [0.2, 0.25) is 5.02 Å². The van der Waals surface area contributed by atoms with Crippen molar-refractivity contribution in [3.05, 3.63) is 29.7 Å². The summed E-state index contributed by atoms with van der Waals surface area (Å²) in [5, 5.41) is 7.77. The monoisotopic (exact) mass is 237 g/mol. The summed E-state index contributed by atoms with van der Waals surface area (Å²) in [5.74, 6) is 1.30. The van der Waals surface area contributed by atoms with Gasteiger partial charge in [-0.05, 0) is 6.42 Å². The maximum atomic E-state index is 5.79. The van der Waals surface area contributed by atoms with Gasteiger partial charge in [0, 0.05) is 18.8 Å². The van der Waals surface area contributed by atoms with E-state index in [2.05, 4.69) is 27.3 Å². The van der Waals surface area contributed by atoms with Gasteiger partial charge in [-0.2, -0.15) is 10.1 Å². The van der Waals surface area contributed by atoms with Gasteiger partial charge in [0.05, 0.1) is 17.4 Å². The van der Waals surface area contributed by atoms with E-state index in [0.29, 0.717) is 16.8 Å². The molecule has 0 aromatic carbocycles. The average Bonchev–Trinajstić information content (AvgIpc) is 2.74. The molecular weight excluding hydrogens is 226 g/mol. The van der Waals surface area contributed by atoms with Gasteiger partial charge in [-0.1, -0.05) is 18.5 Å². The van der Waals surface area contributed by atoms with Crippen LogP contribution in [0.1, 0.15) is 13.3 Å². The minimum absolute atomic E-state index is 0.585. The molecule has 0 bridgehead atoms. The van der Waals surface area contributed by atoms with E-state index in [-0.39, 0.29) is 0 Å². The molecule has 16 heavy (non-hydrogen) atoms. The van der Waals surface area contributed by atoms with Crippen molar-refractivity contribution in [1.82, 2.24) is 19.7 Å². The maximum absolute atomic E-state index is 5.79. The number of nitrogens with zero attached hydrogens (tertiary/aromatic N) is 4. The number of halogens is 1. The molecule has 0 amide bonds. The second-order valence-corrected chi connectivity index (χ2v) is 3.70. The molecule has 2 aromatic heterocycles. The second-order valence-electron chi connectivity index (χ2n) is 3.27. The molecule has 0 aliphatic rings. The van der Waals surface area contributed by atoms with E-state index in [1.807, 2.05) is 0 Å². The van der Waals surface area contributed by atoms with E-state index >= 15 is 0 Å². The van der Waals surface area contributed by atoms with Gasteiger partial charge >= 0.3 is 0 Å². The van der Waals surface area contributed by atoms with Crippen LogP contribution in [-0.4, -0.2) is 26.3 Å². The van der Waals surface area contributed by atoms with Crippen molar-refractivity contribution >= 4 is 17.5 Å². The van der Waals surface area contributed by atoms with Crippen LogP contribution in [0.25, 0.3) is 5.82 Å². The molecule has 0 fully saturated rings. The quantitative estimate of drug-likeness (QED) is 0.885. The predicted octanol–water partition coefficient (Wildman–Crippen LogP) is 2.14. The van der Waals surface area contributed by atoms with Crippen LogP contribution in [0.5, 0.6) is 0 Å². The van der Waals surface area contributed by atoms with Gasteiger partial charge in [0.25, 0.3) is 0 Å². The molecule has 0 radical (unpaired) electrons. The van der Waals surface area contributed by atoms with Crippen molar-refractivity contribution in [3.63, 3.8) is 0 Å². The topological polar surface area (TPSA) is 55.6 Å². The Kier molecular flexibility index (Phi) is 3.36. The summed E-state index contributed by atoms with van der Waals surface area (Å²) in [7, 11) is 0. The number of nitrogens with one attached hydrogen (secondary N) is 1. The standard InChI is InChI=1S/C10H12ClN5/c1-2-4-12-10-13-5-3-9(15-10)16-7-8(11)6-14-16/h3,5-7H,2,4H2,1H3,(H,12,13,15). The first kappa shape index (κ1) is 10.9. The Morgan fingerprint density at radius 2 is 2.38 bits per heavy atom. The van der Waals surface area contributed by atoms with Crippen molar-refractivity contribution in [1.29, 1.82) is 0 Å². The number of anilines is 1. The van der Waals surface area contributed by atoms with Crippen molar-refractivity contribution < 1.29 is 0 Å². The van der Waals surface area contributed by atoms with Crippen LogP contribution in [0.15, 0.2) is 24.7 Å². The lowest BCUT2D eigenvalue weighted by Crippen LogP contribution is -2.06. The minimum atomic E-state index is 0.585. The van der Waals surface area contributed by atoms with Crippen molar-refractivity contribution in [2.75, 3.05) is 11.9 Å². The summed E-state index contributed by atoms with van der Waals surface area (Å²) in [6, 6.07) is 1.78. The average molecular weight is 238 g/mol. The first-order valence-electron chi connectivity index (χ1n) is 5.07. The van der Waals surface area contributed by atoms with E-state index < -0.39 is 0 Å². The van der Waals surface area contributed by atoms with E-state index in [0.717, 1.165) is 13.0 Å². The molecule has 2 rings (SSSR count). The van der Waals surface area contributed by atoms with Gasteiger partial charge in [-0.15, -0.1) is 0 Å². The highest BCUT2D eigenvalue weighted by Crippen LogP contribution is 2.10. The van der Waals surface area contributed by atoms with Crippen LogP contribution in [0.4, 0.5) is 5.95 Å². The Morgan fingerprint density at radius 1 is 1.50 bits per heavy atom. The predicted molar refractivity (Wildman–Crippen MR) is 62.9 cm³/mol. The molecule has 0 aliphatic heterocycles. The highest BCUT2D eigenvalue weighted by molar-refractivity contribution is 6.30. The zero-order valence-corrected chi connectivity index (χ0v) is 9.65. The molecule has 0 saturated heterocycles. The molecule has 84 valence electrons. The summed E-state index contributed by atoms with van der Waals surface area (Å²) >= 11 is 5.79. The highest BCUT2D eigenvalue weighted by Gasteiger charge is 2.02. The Bertz CT molecular complexity index is 468. The van der Waals surface area contributed by atoms with Gasteiger partial charge in [0.2, 0.25) is 5.95 Å². The third kappa shape index (κ3) is 2.49. The number of aromatic nitrogens is 4. The first-order chi connectivity index (χ1) is 7.79. The van der Waals surface area contributed by atoms with Crippen LogP contribution in [-0.2, 0) is 0 Å². The summed E-state index contributed by atoms with van der Waals surface area (Å²) in [6.07, 6.45) is 5.99. The van der Waals surface area contributed by atoms with E-state index in [4.69, 9.17) is 11.6 Å². The lowest BCUT2D eigenvalue weighted by atomic mass is 10.5. The summed E-state index contributed by atoms with van der Waals surface area (Å²) in [5.41, 5.74) is 0. The first-order valence-corrected chi connectivity index (χ1v) is 5.45. The fraction of sp³-hybridized carbons (Fsp3) is 0.300. The van der Waals surface area contributed by atoms with E-state index in [1.54, 1.807) is 29.3 Å². The molecule has 0 aliphatic carbocycles. The van der Waals surface area contributed by atoms with E-state index in [1.165, 1.54) is 0 Å². The van der Waals surface area contributed by atoms with Gasteiger partial charge in [-0.25, -0.2) is 9.67 Å². The van der Waals surface area contributed by atoms with Crippen molar-refractivity contribution in [3.8, 4) is 5.82 Å². The third-order valence-corrected chi connectivity index (χ3v) is 2.15. The number of hydrogen-bond donors (Lipinski definition) is 1. The van der Waals surface area contributed by atoms with Crippen LogP contribution in [0.3, 0.4) is 0 Å².